The molecule has 0 saturated heterocycles. The smallest absolute Gasteiger partial charge is 0.270 e. The van der Waals surface area contributed by atoms with Gasteiger partial charge in [-0.2, -0.15) is 11.3 Å². The van der Waals surface area contributed by atoms with Crippen LogP contribution in [0.4, 0.5) is 0 Å². The first-order valence-electron chi connectivity index (χ1n) is 8.46. The van der Waals surface area contributed by atoms with Gasteiger partial charge in [-0.25, -0.2) is 9.97 Å². The van der Waals surface area contributed by atoms with E-state index in [0.29, 0.717) is 31.6 Å². The first-order chi connectivity index (χ1) is 12.6. The number of hydrogen-bond donors (Lipinski definition) is 0. The van der Waals surface area contributed by atoms with Crippen LogP contribution in [0.15, 0.2) is 46.1 Å². The molecule has 0 fully saturated rings. The van der Waals surface area contributed by atoms with Crippen molar-refractivity contribution >= 4 is 17.2 Å². The Hall–Kier alpha value is -2.80. The zero-order chi connectivity index (χ0) is 18.1. The monoisotopic (exact) mass is 366 g/mol. The topological polar surface area (TPSA) is 68.1 Å². The molecule has 4 heterocycles. The van der Waals surface area contributed by atoms with Gasteiger partial charge in [-0.1, -0.05) is 6.07 Å². The molecule has 0 aromatic carbocycles. The van der Waals surface area contributed by atoms with Crippen LogP contribution >= 0.6 is 11.3 Å². The lowest BCUT2D eigenvalue weighted by Gasteiger charge is -2.21. The summed E-state index contributed by atoms with van der Waals surface area (Å²) in [4.78, 5) is 35.5. The Labute approximate surface area is 154 Å². The summed E-state index contributed by atoms with van der Waals surface area (Å²) in [6, 6.07) is 6.83. The van der Waals surface area contributed by atoms with Gasteiger partial charge in [-0.3, -0.25) is 9.59 Å². The second-order valence-corrected chi connectivity index (χ2v) is 7.04. The second kappa shape index (κ2) is 6.84. The van der Waals surface area contributed by atoms with Gasteiger partial charge in [0.1, 0.15) is 12.0 Å². The Morgan fingerprint density at radius 1 is 1.15 bits per heavy atom. The van der Waals surface area contributed by atoms with E-state index in [1.807, 2.05) is 5.38 Å². The fourth-order valence-corrected chi connectivity index (χ4v) is 3.96. The maximum Gasteiger partial charge on any atom is 0.270 e. The Morgan fingerprint density at radius 3 is 2.81 bits per heavy atom. The van der Waals surface area contributed by atoms with E-state index in [1.165, 1.54) is 10.6 Å². The summed E-state index contributed by atoms with van der Waals surface area (Å²) in [5, 5.41) is 4.11. The normalized spacial score (nSPS) is 14.0. The van der Waals surface area contributed by atoms with Crippen molar-refractivity contribution in [3.05, 3.63) is 68.7 Å². The molecule has 1 aliphatic rings. The Kier molecular flexibility index (Phi) is 4.38. The van der Waals surface area contributed by atoms with Crippen molar-refractivity contribution in [2.45, 2.75) is 12.8 Å². The zero-order valence-electron chi connectivity index (χ0n) is 14.4. The third kappa shape index (κ3) is 2.94. The van der Waals surface area contributed by atoms with Crippen LogP contribution in [0.25, 0.3) is 11.3 Å². The first kappa shape index (κ1) is 16.7. The van der Waals surface area contributed by atoms with E-state index in [1.54, 1.807) is 41.7 Å². The van der Waals surface area contributed by atoms with Crippen molar-refractivity contribution in [1.82, 2.24) is 19.4 Å². The zero-order valence-corrected chi connectivity index (χ0v) is 15.2. The van der Waals surface area contributed by atoms with Gasteiger partial charge in [0.05, 0.1) is 5.69 Å². The number of pyridine rings is 1. The van der Waals surface area contributed by atoms with E-state index in [-0.39, 0.29) is 11.5 Å². The van der Waals surface area contributed by atoms with E-state index in [4.69, 9.17) is 0 Å². The predicted molar refractivity (Wildman–Crippen MR) is 100 cm³/mol. The molecule has 1 aliphatic heterocycles. The van der Waals surface area contributed by atoms with Crippen LogP contribution in [0.1, 0.15) is 21.7 Å². The minimum Gasteiger partial charge on any atom is -0.337 e. The summed E-state index contributed by atoms with van der Waals surface area (Å²) in [5.74, 6) is -0.122. The molecule has 0 saturated carbocycles. The van der Waals surface area contributed by atoms with Crippen LogP contribution in [0.5, 0.6) is 0 Å². The predicted octanol–water partition coefficient (Wildman–Crippen LogP) is 2.14. The van der Waals surface area contributed by atoms with Crippen molar-refractivity contribution < 1.29 is 4.79 Å². The van der Waals surface area contributed by atoms with Crippen molar-refractivity contribution in [3.8, 4) is 11.3 Å². The molecule has 26 heavy (non-hydrogen) atoms. The summed E-state index contributed by atoms with van der Waals surface area (Å²) in [6.07, 6.45) is 2.99. The van der Waals surface area contributed by atoms with Gasteiger partial charge in [0.25, 0.3) is 11.5 Å². The molecular weight excluding hydrogens is 348 g/mol. The highest BCUT2D eigenvalue weighted by molar-refractivity contribution is 7.08. The van der Waals surface area contributed by atoms with Gasteiger partial charge in [0.15, 0.2) is 0 Å². The van der Waals surface area contributed by atoms with E-state index >= 15 is 0 Å². The quantitative estimate of drug-likeness (QED) is 0.697. The molecule has 0 aliphatic carbocycles. The molecule has 6 nitrogen and oxygen atoms in total. The number of fused-ring (bicyclic) bond motifs is 1. The molecule has 132 valence electrons. The molecule has 7 heteroatoms. The lowest BCUT2D eigenvalue weighted by molar-refractivity contribution is 0.0752. The summed E-state index contributed by atoms with van der Waals surface area (Å²) < 4.78 is 1.40. The number of hydrogen-bond acceptors (Lipinski definition) is 5. The van der Waals surface area contributed by atoms with Crippen molar-refractivity contribution in [3.63, 3.8) is 0 Å². The largest absolute Gasteiger partial charge is 0.337 e. The molecule has 4 rings (SSSR count). The number of amides is 1. The maximum absolute atomic E-state index is 12.9. The van der Waals surface area contributed by atoms with E-state index in [2.05, 4.69) is 21.4 Å². The standard InChI is InChI=1S/C19H18N4O2S/c1-22-16(3-2-4-17(22)24)19(25)23-8-5-14-15(6-9-23)20-12-21-18(14)13-7-10-26-11-13/h2-4,7,10-12H,5-6,8-9H2,1H3. The minimum absolute atomic E-state index is 0.122. The van der Waals surface area contributed by atoms with Crippen LogP contribution in [0.2, 0.25) is 0 Å². The highest BCUT2D eigenvalue weighted by atomic mass is 32.1. The van der Waals surface area contributed by atoms with Gasteiger partial charge in [-0.15, -0.1) is 0 Å². The Bertz CT molecular complexity index is 1010. The van der Waals surface area contributed by atoms with Crippen molar-refractivity contribution in [1.29, 1.82) is 0 Å². The molecule has 0 N–H and O–H groups in total. The summed E-state index contributed by atoms with van der Waals surface area (Å²) >= 11 is 1.64. The fraction of sp³-hybridized carbons (Fsp3) is 0.263. The van der Waals surface area contributed by atoms with Crippen LogP contribution in [0, 0.1) is 0 Å². The fourth-order valence-electron chi connectivity index (χ4n) is 3.32. The third-order valence-electron chi connectivity index (χ3n) is 4.77. The van der Waals surface area contributed by atoms with Crippen molar-refractivity contribution in [2.75, 3.05) is 13.1 Å². The Morgan fingerprint density at radius 2 is 2.00 bits per heavy atom. The summed E-state index contributed by atoms with van der Waals surface area (Å²) in [7, 11) is 1.63. The van der Waals surface area contributed by atoms with E-state index < -0.39 is 0 Å². The molecule has 0 atom stereocenters. The van der Waals surface area contributed by atoms with E-state index in [9.17, 15) is 9.59 Å². The third-order valence-corrected chi connectivity index (χ3v) is 5.45. The molecule has 1 amide bonds. The maximum atomic E-state index is 12.9. The second-order valence-electron chi connectivity index (χ2n) is 6.26. The molecule has 3 aromatic heterocycles. The van der Waals surface area contributed by atoms with Crippen LogP contribution < -0.4 is 5.56 Å². The van der Waals surface area contributed by atoms with Crippen molar-refractivity contribution in [2.24, 2.45) is 7.05 Å². The average Bonchev–Trinajstić information content (AvgIpc) is 3.09. The van der Waals surface area contributed by atoms with Crippen LogP contribution in [-0.4, -0.2) is 38.4 Å². The van der Waals surface area contributed by atoms with E-state index in [0.717, 1.165) is 22.5 Å². The number of rotatable bonds is 2. The average molecular weight is 366 g/mol. The van der Waals surface area contributed by atoms with Gasteiger partial charge >= 0.3 is 0 Å². The number of carbonyl (C=O) groups is 1. The molecule has 0 unspecified atom stereocenters. The van der Waals surface area contributed by atoms with Gasteiger partial charge in [-0.05, 0) is 23.9 Å². The number of aromatic nitrogens is 3. The highest BCUT2D eigenvalue weighted by Gasteiger charge is 2.24. The molecular formula is C19H18N4O2S. The van der Waals surface area contributed by atoms with Gasteiger partial charge in [0.2, 0.25) is 0 Å². The van der Waals surface area contributed by atoms with Crippen LogP contribution in [0.3, 0.4) is 0 Å². The molecule has 0 spiro atoms. The SMILES string of the molecule is Cn1c(C(=O)N2CCc3ncnc(-c4ccsc4)c3CC2)cccc1=O. The Balaban J connectivity index is 1.63. The molecule has 0 radical (unpaired) electrons. The summed E-state index contributed by atoms with van der Waals surface area (Å²) in [5.41, 5.74) is 4.39. The van der Waals surface area contributed by atoms with Crippen LogP contribution in [-0.2, 0) is 19.9 Å². The minimum atomic E-state index is -0.181. The highest BCUT2D eigenvalue weighted by Crippen LogP contribution is 2.27. The van der Waals surface area contributed by atoms with Gasteiger partial charge < -0.3 is 9.47 Å². The molecule has 0 bridgehead atoms. The molecule has 3 aromatic rings. The van der Waals surface area contributed by atoms with Gasteiger partial charge in [0, 0.05) is 54.8 Å². The number of carbonyl (C=O) groups excluding carboxylic acids is 1. The number of nitrogens with zero attached hydrogens (tertiary/aromatic N) is 4. The number of thiophene rings is 1. The lowest BCUT2D eigenvalue weighted by atomic mass is 10.0. The summed E-state index contributed by atoms with van der Waals surface area (Å²) in [6.45, 7) is 1.16. The first-order valence-corrected chi connectivity index (χ1v) is 9.40. The lowest BCUT2D eigenvalue weighted by Crippen LogP contribution is -2.36.